The van der Waals surface area contributed by atoms with Crippen molar-refractivity contribution in [2.24, 2.45) is 5.92 Å². The van der Waals surface area contributed by atoms with Crippen molar-refractivity contribution < 1.29 is 9.47 Å². The molecule has 0 unspecified atom stereocenters. The molecule has 4 heteroatoms. The van der Waals surface area contributed by atoms with Crippen LogP contribution in [0.4, 0.5) is 0 Å². The number of aromatic nitrogens is 1. The van der Waals surface area contributed by atoms with Crippen LogP contribution in [-0.4, -0.2) is 43.8 Å². The Morgan fingerprint density at radius 3 is 2.78 bits per heavy atom. The highest BCUT2D eigenvalue weighted by Gasteiger charge is 2.15. The lowest BCUT2D eigenvalue weighted by Crippen LogP contribution is -2.29. The average molecular weight is 250 g/mol. The second kappa shape index (κ2) is 6.71. The van der Waals surface area contributed by atoms with Crippen LogP contribution in [0.1, 0.15) is 18.4 Å². The third-order valence-corrected chi connectivity index (χ3v) is 3.37. The zero-order valence-electron chi connectivity index (χ0n) is 11.3. The summed E-state index contributed by atoms with van der Waals surface area (Å²) < 4.78 is 10.4. The van der Waals surface area contributed by atoms with Gasteiger partial charge in [0.2, 0.25) is 5.88 Å². The van der Waals surface area contributed by atoms with Gasteiger partial charge in [-0.25, -0.2) is 4.98 Å². The van der Waals surface area contributed by atoms with E-state index >= 15 is 0 Å². The SMILES string of the molecule is COc1ccc(CN(C)CC2CCOCC2)cn1. The fourth-order valence-corrected chi connectivity index (χ4v) is 2.37. The number of pyridine rings is 1. The number of nitrogens with zero attached hydrogens (tertiary/aromatic N) is 2. The highest BCUT2D eigenvalue weighted by molar-refractivity contribution is 5.17. The molecular formula is C14H22N2O2. The number of methoxy groups -OCH3 is 1. The van der Waals surface area contributed by atoms with E-state index in [9.17, 15) is 0 Å². The average Bonchev–Trinajstić information content (AvgIpc) is 2.40. The Hall–Kier alpha value is -1.13. The van der Waals surface area contributed by atoms with E-state index in [-0.39, 0.29) is 0 Å². The quantitative estimate of drug-likeness (QED) is 0.800. The molecule has 2 rings (SSSR count). The van der Waals surface area contributed by atoms with Crippen molar-refractivity contribution in [2.75, 3.05) is 33.9 Å². The molecule has 1 saturated heterocycles. The summed E-state index contributed by atoms with van der Waals surface area (Å²) in [4.78, 5) is 6.59. The van der Waals surface area contributed by atoms with E-state index in [2.05, 4.69) is 23.0 Å². The number of ether oxygens (including phenoxy) is 2. The van der Waals surface area contributed by atoms with Gasteiger partial charge in [0.25, 0.3) is 0 Å². The fraction of sp³-hybridized carbons (Fsp3) is 0.643. The molecule has 1 aromatic rings. The Morgan fingerprint density at radius 1 is 1.39 bits per heavy atom. The monoisotopic (exact) mass is 250 g/mol. The van der Waals surface area contributed by atoms with Crippen LogP contribution >= 0.6 is 0 Å². The van der Waals surface area contributed by atoms with Gasteiger partial charge in [-0.15, -0.1) is 0 Å². The molecule has 0 radical (unpaired) electrons. The van der Waals surface area contributed by atoms with Crippen molar-refractivity contribution in [1.29, 1.82) is 0 Å². The van der Waals surface area contributed by atoms with E-state index in [0.717, 1.165) is 32.2 Å². The van der Waals surface area contributed by atoms with Gasteiger partial charge >= 0.3 is 0 Å². The molecule has 0 amide bonds. The smallest absolute Gasteiger partial charge is 0.212 e. The zero-order chi connectivity index (χ0) is 12.8. The third-order valence-electron chi connectivity index (χ3n) is 3.37. The maximum absolute atomic E-state index is 5.38. The van der Waals surface area contributed by atoms with Crippen molar-refractivity contribution >= 4 is 0 Å². The van der Waals surface area contributed by atoms with Gasteiger partial charge in [0, 0.05) is 38.6 Å². The van der Waals surface area contributed by atoms with Gasteiger partial charge in [0.15, 0.2) is 0 Å². The van der Waals surface area contributed by atoms with Gasteiger partial charge in [-0.3, -0.25) is 0 Å². The Kier molecular flexibility index (Phi) is 4.96. The minimum absolute atomic E-state index is 0.672. The molecule has 1 aliphatic heterocycles. The van der Waals surface area contributed by atoms with Crippen LogP contribution in [0.5, 0.6) is 5.88 Å². The van der Waals surface area contributed by atoms with E-state index in [0.29, 0.717) is 5.88 Å². The predicted octanol–water partition coefficient (Wildman–Crippen LogP) is 1.95. The molecule has 0 bridgehead atoms. The zero-order valence-corrected chi connectivity index (χ0v) is 11.3. The summed E-state index contributed by atoms with van der Waals surface area (Å²) >= 11 is 0. The maximum atomic E-state index is 5.38. The van der Waals surface area contributed by atoms with Crippen LogP contribution in [0.25, 0.3) is 0 Å². The van der Waals surface area contributed by atoms with Crippen molar-refractivity contribution in [1.82, 2.24) is 9.88 Å². The lowest BCUT2D eigenvalue weighted by atomic mass is 10.00. The van der Waals surface area contributed by atoms with Crippen LogP contribution in [0.3, 0.4) is 0 Å². The molecule has 18 heavy (non-hydrogen) atoms. The largest absolute Gasteiger partial charge is 0.481 e. The van der Waals surface area contributed by atoms with Gasteiger partial charge in [-0.05, 0) is 31.4 Å². The Morgan fingerprint density at radius 2 is 2.17 bits per heavy atom. The van der Waals surface area contributed by atoms with E-state index in [1.807, 2.05) is 12.3 Å². The first-order valence-electron chi connectivity index (χ1n) is 6.53. The summed E-state index contributed by atoms with van der Waals surface area (Å²) in [5, 5.41) is 0. The van der Waals surface area contributed by atoms with Gasteiger partial charge < -0.3 is 14.4 Å². The first-order valence-corrected chi connectivity index (χ1v) is 6.53. The first kappa shape index (κ1) is 13.3. The summed E-state index contributed by atoms with van der Waals surface area (Å²) in [6.45, 7) is 3.91. The topological polar surface area (TPSA) is 34.6 Å². The Labute approximate surface area is 109 Å². The molecule has 0 aliphatic carbocycles. The van der Waals surface area contributed by atoms with Gasteiger partial charge in [-0.2, -0.15) is 0 Å². The van der Waals surface area contributed by atoms with E-state index < -0.39 is 0 Å². The standard InChI is InChI=1S/C14H22N2O2/c1-16(10-12-5-7-18-8-6-12)11-13-3-4-14(17-2)15-9-13/h3-4,9,12H,5-8,10-11H2,1-2H3. The van der Waals surface area contributed by atoms with Crippen LogP contribution in [0.2, 0.25) is 0 Å². The van der Waals surface area contributed by atoms with Crippen molar-refractivity contribution in [3.05, 3.63) is 23.9 Å². The van der Waals surface area contributed by atoms with Crippen LogP contribution in [-0.2, 0) is 11.3 Å². The summed E-state index contributed by atoms with van der Waals surface area (Å²) in [6, 6.07) is 3.99. The summed E-state index contributed by atoms with van der Waals surface area (Å²) in [5.41, 5.74) is 1.23. The van der Waals surface area contributed by atoms with Crippen LogP contribution in [0, 0.1) is 5.92 Å². The molecule has 1 aliphatic rings. The Balaban J connectivity index is 1.80. The molecular weight excluding hydrogens is 228 g/mol. The molecule has 1 fully saturated rings. The number of hydrogen-bond donors (Lipinski definition) is 0. The molecule has 0 saturated carbocycles. The highest BCUT2D eigenvalue weighted by atomic mass is 16.5. The van der Waals surface area contributed by atoms with Crippen LogP contribution in [0.15, 0.2) is 18.3 Å². The first-order chi connectivity index (χ1) is 8.78. The number of hydrogen-bond acceptors (Lipinski definition) is 4. The minimum Gasteiger partial charge on any atom is -0.481 e. The van der Waals surface area contributed by atoms with Gasteiger partial charge in [-0.1, -0.05) is 6.07 Å². The molecule has 1 aromatic heterocycles. The van der Waals surface area contributed by atoms with Gasteiger partial charge in [0.1, 0.15) is 0 Å². The van der Waals surface area contributed by atoms with E-state index in [1.54, 1.807) is 7.11 Å². The minimum atomic E-state index is 0.672. The maximum Gasteiger partial charge on any atom is 0.212 e. The van der Waals surface area contributed by atoms with Gasteiger partial charge in [0.05, 0.1) is 7.11 Å². The number of rotatable bonds is 5. The van der Waals surface area contributed by atoms with Crippen LogP contribution < -0.4 is 4.74 Å². The fourth-order valence-electron chi connectivity index (χ4n) is 2.37. The third kappa shape index (κ3) is 3.96. The van der Waals surface area contributed by atoms with E-state index in [4.69, 9.17) is 9.47 Å². The molecule has 0 spiro atoms. The second-order valence-corrected chi connectivity index (χ2v) is 4.96. The molecule has 2 heterocycles. The molecule has 0 atom stereocenters. The highest BCUT2D eigenvalue weighted by Crippen LogP contribution is 2.16. The van der Waals surface area contributed by atoms with Crippen molar-refractivity contribution in [2.45, 2.75) is 19.4 Å². The molecule has 100 valence electrons. The van der Waals surface area contributed by atoms with Crippen molar-refractivity contribution in [3.8, 4) is 5.88 Å². The summed E-state index contributed by atoms with van der Waals surface area (Å²) in [6.07, 6.45) is 4.26. The molecule has 4 nitrogen and oxygen atoms in total. The van der Waals surface area contributed by atoms with E-state index in [1.165, 1.54) is 18.4 Å². The lowest BCUT2D eigenvalue weighted by molar-refractivity contribution is 0.0549. The normalized spacial score (nSPS) is 17.1. The Bertz CT molecular complexity index is 347. The molecule has 0 aromatic carbocycles. The lowest BCUT2D eigenvalue weighted by Gasteiger charge is -2.27. The molecule has 0 N–H and O–H groups in total. The summed E-state index contributed by atoms with van der Waals surface area (Å²) in [7, 11) is 3.80. The predicted molar refractivity (Wildman–Crippen MR) is 70.7 cm³/mol. The second-order valence-electron chi connectivity index (χ2n) is 4.96. The van der Waals surface area contributed by atoms with Crippen molar-refractivity contribution in [3.63, 3.8) is 0 Å². The summed E-state index contributed by atoms with van der Waals surface area (Å²) in [5.74, 6) is 1.45.